The highest BCUT2D eigenvalue weighted by atomic mass is 79.9. The van der Waals surface area contributed by atoms with Gasteiger partial charge in [-0.3, -0.25) is 4.68 Å². The Hall–Kier alpha value is -1.66. The molecule has 1 atom stereocenters. The molecule has 1 aromatic carbocycles. The maximum atomic E-state index is 5.73. The van der Waals surface area contributed by atoms with Crippen molar-refractivity contribution in [2.45, 2.75) is 19.4 Å². The summed E-state index contributed by atoms with van der Waals surface area (Å²) in [5.41, 5.74) is 1.99. The second-order valence-corrected chi connectivity index (χ2v) is 6.30. The van der Waals surface area contributed by atoms with E-state index in [2.05, 4.69) is 36.8 Å². The third kappa shape index (κ3) is 2.18. The van der Waals surface area contributed by atoms with Gasteiger partial charge in [0.05, 0.1) is 41.9 Å². The summed E-state index contributed by atoms with van der Waals surface area (Å²) < 4.78 is 14.3. The Labute approximate surface area is 136 Å². The van der Waals surface area contributed by atoms with E-state index >= 15 is 0 Å². The molecule has 0 spiro atoms. The van der Waals surface area contributed by atoms with E-state index in [0.29, 0.717) is 19.1 Å². The van der Waals surface area contributed by atoms with Crippen LogP contribution in [-0.4, -0.2) is 34.6 Å². The predicted molar refractivity (Wildman–Crippen MR) is 88.4 cm³/mol. The average molecular weight is 362 g/mol. The molecule has 0 saturated carbocycles. The first-order valence-corrected chi connectivity index (χ1v) is 8.24. The van der Waals surface area contributed by atoms with E-state index < -0.39 is 0 Å². The summed E-state index contributed by atoms with van der Waals surface area (Å²) in [6.45, 7) is 4.05. The summed E-state index contributed by atoms with van der Waals surface area (Å²) in [5.74, 6) is 0.647. The van der Waals surface area contributed by atoms with E-state index in [-0.39, 0.29) is 6.04 Å². The van der Waals surface area contributed by atoms with Crippen molar-refractivity contribution >= 4 is 37.7 Å². The number of hydrogen-bond donors (Lipinski definition) is 0. The highest BCUT2D eigenvalue weighted by Crippen LogP contribution is 2.34. The van der Waals surface area contributed by atoms with Crippen LogP contribution in [0.3, 0.4) is 0 Å². The number of aromatic nitrogens is 3. The quantitative estimate of drug-likeness (QED) is 0.713. The van der Waals surface area contributed by atoms with Crippen LogP contribution < -0.4 is 4.74 Å². The lowest BCUT2D eigenvalue weighted by molar-refractivity contribution is 0.185. The summed E-state index contributed by atoms with van der Waals surface area (Å²) in [6, 6.07) is 6.41. The molecule has 6 heteroatoms. The topological polar surface area (TPSA) is 49.2 Å². The first-order valence-electron chi connectivity index (χ1n) is 7.45. The van der Waals surface area contributed by atoms with Gasteiger partial charge in [0.25, 0.3) is 0 Å². The van der Waals surface area contributed by atoms with Crippen molar-refractivity contribution in [1.82, 2.24) is 14.8 Å². The van der Waals surface area contributed by atoms with E-state index in [1.54, 1.807) is 0 Å². The molecule has 114 valence electrons. The normalized spacial score (nSPS) is 18.4. The number of ether oxygens (including phenoxy) is 2. The van der Waals surface area contributed by atoms with E-state index in [1.807, 2.05) is 25.3 Å². The molecule has 1 aliphatic rings. The van der Waals surface area contributed by atoms with Crippen molar-refractivity contribution in [3.05, 3.63) is 28.9 Å². The number of hydrogen-bond acceptors (Lipinski definition) is 4. The molecule has 0 radical (unpaired) electrons. The molecule has 1 aliphatic heterocycles. The molecule has 0 N–H and O–H groups in total. The third-order valence-electron chi connectivity index (χ3n) is 4.00. The van der Waals surface area contributed by atoms with Gasteiger partial charge >= 0.3 is 0 Å². The zero-order valence-corrected chi connectivity index (χ0v) is 13.8. The molecular weight excluding hydrogens is 346 g/mol. The van der Waals surface area contributed by atoms with E-state index in [0.717, 1.165) is 39.3 Å². The SMILES string of the molecule is CCOc1nc2cc(Br)ccc2c2c1cnn2[C@H]1CCOC1. The molecule has 0 aliphatic carbocycles. The van der Waals surface area contributed by atoms with Crippen LogP contribution in [0.2, 0.25) is 0 Å². The predicted octanol–water partition coefficient (Wildman–Crippen LogP) is 3.71. The zero-order chi connectivity index (χ0) is 15.1. The van der Waals surface area contributed by atoms with Crippen molar-refractivity contribution in [3.8, 4) is 5.88 Å². The zero-order valence-electron chi connectivity index (χ0n) is 12.3. The fourth-order valence-corrected chi connectivity index (χ4v) is 3.34. The molecule has 3 heterocycles. The van der Waals surface area contributed by atoms with Gasteiger partial charge in [0.15, 0.2) is 0 Å². The van der Waals surface area contributed by atoms with Gasteiger partial charge in [0.2, 0.25) is 5.88 Å². The lowest BCUT2D eigenvalue weighted by atomic mass is 10.1. The largest absolute Gasteiger partial charge is 0.477 e. The van der Waals surface area contributed by atoms with Gasteiger partial charge in [0.1, 0.15) is 0 Å². The van der Waals surface area contributed by atoms with Crippen molar-refractivity contribution < 1.29 is 9.47 Å². The third-order valence-corrected chi connectivity index (χ3v) is 4.49. The fourth-order valence-electron chi connectivity index (χ4n) is 2.99. The van der Waals surface area contributed by atoms with Gasteiger partial charge in [-0.25, -0.2) is 4.98 Å². The maximum Gasteiger partial charge on any atom is 0.225 e. The molecule has 4 rings (SSSR count). The minimum absolute atomic E-state index is 0.279. The first-order chi connectivity index (χ1) is 10.8. The molecular formula is C16H16BrN3O2. The van der Waals surface area contributed by atoms with Gasteiger partial charge in [-0.15, -0.1) is 0 Å². The van der Waals surface area contributed by atoms with Gasteiger partial charge in [-0.1, -0.05) is 15.9 Å². The lowest BCUT2D eigenvalue weighted by Gasteiger charge is -2.13. The van der Waals surface area contributed by atoms with Crippen molar-refractivity contribution in [2.75, 3.05) is 19.8 Å². The molecule has 5 nitrogen and oxygen atoms in total. The van der Waals surface area contributed by atoms with Gasteiger partial charge in [0, 0.05) is 16.5 Å². The van der Waals surface area contributed by atoms with Crippen LogP contribution in [0.15, 0.2) is 28.9 Å². The highest BCUT2D eigenvalue weighted by molar-refractivity contribution is 9.10. The number of halogens is 1. The minimum Gasteiger partial charge on any atom is -0.477 e. The van der Waals surface area contributed by atoms with Crippen LogP contribution in [0.1, 0.15) is 19.4 Å². The standard InChI is InChI=1S/C16H16BrN3O2/c1-2-22-16-13-8-18-20(11-5-6-21-9-11)15(13)12-4-3-10(17)7-14(12)19-16/h3-4,7-8,11H,2,5-6,9H2,1H3/t11-/m0/s1. The number of benzene rings is 1. The Bertz CT molecular complexity index is 840. The summed E-state index contributed by atoms with van der Waals surface area (Å²) in [6.07, 6.45) is 2.84. The lowest BCUT2D eigenvalue weighted by Crippen LogP contribution is -2.10. The molecule has 0 bridgehead atoms. The van der Waals surface area contributed by atoms with E-state index in [1.165, 1.54) is 0 Å². The Morgan fingerprint density at radius 2 is 2.32 bits per heavy atom. The van der Waals surface area contributed by atoms with Crippen LogP contribution in [0, 0.1) is 0 Å². The highest BCUT2D eigenvalue weighted by Gasteiger charge is 2.23. The Kier molecular flexibility index (Phi) is 3.50. The van der Waals surface area contributed by atoms with Gasteiger partial charge < -0.3 is 9.47 Å². The Morgan fingerprint density at radius 3 is 3.09 bits per heavy atom. The molecule has 1 fully saturated rings. The Morgan fingerprint density at radius 1 is 1.41 bits per heavy atom. The van der Waals surface area contributed by atoms with Crippen molar-refractivity contribution in [3.63, 3.8) is 0 Å². The van der Waals surface area contributed by atoms with Gasteiger partial charge in [-0.05, 0) is 31.5 Å². The Balaban J connectivity index is 2.04. The van der Waals surface area contributed by atoms with Crippen LogP contribution in [0.5, 0.6) is 5.88 Å². The maximum absolute atomic E-state index is 5.73. The van der Waals surface area contributed by atoms with Crippen LogP contribution in [0.25, 0.3) is 21.8 Å². The summed E-state index contributed by atoms with van der Waals surface area (Å²) in [7, 11) is 0. The minimum atomic E-state index is 0.279. The first kappa shape index (κ1) is 14.0. The molecule has 1 saturated heterocycles. The number of fused-ring (bicyclic) bond motifs is 3. The molecule has 2 aromatic heterocycles. The molecule has 0 amide bonds. The second kappa shape index (κ2) is 5.52. The van der Waals surface area contributed by atoms with E-state index in [9.17, 15) is 0 Å². The number of rotatable bonds is 3. The number of pyridine rings is 1. The smallest absolute Gasteiger partial charge is 0.225 e. The van der Waals surface area contributed by atoms with Crippen LogP contribution >= 0.6 is 15.9 Å². The second-order valence-electron chi connectivity index (χ2n) is 5.38. The monoisotopic (exact) mass is 361 g/mol. The van der Waals surface area contributed by atoms with Crippen molar-refractivity contribution in [1.29, 1.82) is 0 Å². The van der Waals surface area contributed by atoms with Crippen molar-refractivity contribution in [2.24, 2.45) is 0 Å². The average Bonchev–Trinajstić information content (AvgIpc) is 3.16. The van der Waals surface area contributed by atoms with Gasteiger partial charge in [-0.2, -0.15) is 5.10 Å². The summed E-state index contributed by atoms with van der Waals surface area (Å²) in [5, 5.41) is 6.65. The molecule has 0 unspecified atom stereocenters. The van der Waals surface area contributed by atoms with Crippen LogP contribution in [-0.2, 0) is 4.74 Å². The fraction of sp³-hybridized carbons (Fsp3) is 0.375. The number of nitrogens with zero attached hydrogens (tertiary/aromatic N) is 3. The van der Waals surface area contributed by atoms with E-state index in [4.69, 9.17) is 9.47 Å². The van der Waals surface area contributed by atoms with Crippen LogP contribution in [0.4, 0.5) is 0 Å². The molecule has 3 aromatic rings. The summed E-state index contributed by atoms with van der Waals surface area (Å²) >= 11 is 3.51. The summed E-state index contributed by atoms with van der Waals surface area (Å²) in [4.78, 5) is 4.66. The molecule has 22 heavy (non-hydrogen) atoms.